The summed E-state index contributed by atoms with van der Waals surface area (Å²) in [6, 6.07) is 9.98. The van der Waals surface area contributed by atoms with Crippen molar-refractivity contribution in [3.05, 3.63) is 35.9 Å². The van der Waals surface area contributed by atoms with E-state index in [0.717, 1.165) is 44.3 Å². The number of piperidine rings is 1. The monoisotopic (exact) mass is 328 g/mol. The third kappa shape index (κ3) is 4.37. The first-order valence-electron chi connectivity index (χ1n) is 9.34. The molecule has 0 atom stereocenters. The summed E-state index contributed by atoms with van der Waals surface area (Å²) in [4.78, 5) is 26.9. The van der Waals surface area contributed by atoms with Gasteiger partial charge in [-0.25, -0.2) is 0 Å². The van der Waals surface area contributed by atoms with Crippen molar-refractivity contribution in [1.82, 2.24) is 10.2 Å². The number of hydrogen-bond acceptors (Lipinski definition) is 2. The average molecular weight is 328 g/mol. The lowest BCUT2D eigenvalue weighted by molar-refractivity contribution is -0.140. The van der Waals surface area contributed by atoms with Crippen molar-refractivity contribution < 1.29 is 9.59 Å². The Labute approximate surface area is 144 Å². The van der Waals surface area contributed by atoms with Crippen LogP contribution in [-0.2, 0) is 16.1 Å². The van der Waals surface area contributed by atoms with Gasteiger partial charge in [0, 0.05) is 31.5 Å². The van der Waals surface area contributed by atoms with Crippen molar-refractivity contribution >= 4 is 11.8 Å². The van der Waals surface area contributed by atoms with E-state index in [9.17, 15) is 9.59 Å². The predicted molar refractivity (Wildman–Crippen MR) is 94.2 cm³/mol. The van der Waals surface area contributed by atoms with Gasteiger partial charge in [-0.05, 0) is 31.2 Å². The summed E-state index contributed by atoms with van der Waals surface area (Å²) in [6.07, 6.45) is 7.34. The Morgan fingerprint density at radius 2 is 1.58 bits per heavy atom. The van der Waals surface area contributed by atoms with E-state index in [2.05, 4.69) is 5.32 Å². The highest BCUT2D eigenvalue weighted by molar-refractivity contribution is 5.81. The molecule has 2 amide bonds. The summed E-state index contributed by atoms with van der Waals surface area (Å²) in [5.74, 6) is 0.743. The Morgan fingerprint density at radius 1 is 0.917 bits per heavy atom. The van der Waals surface area contributed by atoms with Gasteiger partial charge in [-0.2, -0.15) is 0 Å². The van der Waals surface area contributed by atoms with Crippen LogP contribution in [0.1, 0.15) is 50.5 Å². The maximum atomic E-state index is 12.6. The van der Waals surface area contributed by atoms with E-state index in [0.29, 0.717) is 12.5 Å². The van der Waals surface area contributed by atoms with E-state index in [1.807, 2.05) is 35.2 Å². The molecule has 130 valence electrons. The number of carbonyl (C=O) groups is 2. The lowest BCUT2D eigenvalue weighted by Gasteiger charge is -2.34. The van der Waals surface area contributed by atoms with Crippen LogP contribution in [-0.4, -0.2) is 29.8 Å². The van der Waals surface area contributed by atoms with Gasteiger partial charge < -0.3 is 10.2 Å². The zero-order chi connectivity index (χ0) is 16.8. The highest BCUT2D eigenvalue weighted by Gasteiger charge is 2.31. The zero-order valence-corrected chi connectivity index (χ0v) is 14.4. The van der Waals surface area contributed by atoms with Gasteiger partial charge in [0.15, 0.2) is 0 Å². The fourth-order valence-electron chi connectivity index (χ4n) is 3.90. The van der Waals surface area contributed by atoms with Crippen LogP contribution >= 0.6 is 0 Å². The molecule has 1 aliphatic carbocycles. The minimum atomic E-state index is 0.0455. The Balaban J connectivity index is 1.42. The summed E-state index contributed by atoms with van der Waals surface area (Å²) in [7, 11) is 0. The standard InChI is InChI=1S/C20H28N2O2/c23-19(21-15-16-7-3-1-4-8-16)17-11-13-22(14-12-17)20(24)18-9-5-2-6-10-18/h1,3-4,7-8,17-18H,2,5-6,9-15H2,(H,21,23). The number of hydrogen-bond donors (Lipinski definition) is 1. The molecule has 1 saturated carbocycles. The number of nitrogens with one attached hydrogen (secondary N) is 1. The summed E-state index contributed by atoms with van der Waals surface area (Å²) >= 11 is 0. The molecule has 0 aromatic heterocycles. The van der Waals surface area contributed by atoms with E-state index in [4.69, 9.17) is 0 Å². The molecule has 4 heteroatoms. The van der Waals surface area contributed by atoms with Crippen molar-refractivity contribution in [3.63, 3.8) is 0 Å². The lowest BCUT2D eigenvalue weighted by atomic mass is 9.87. The molecule has 0 unspecified atom stereocenters. The first-order valence-corrected chi connectivity index (χ1v) is 9.34. The minimum Gasteiger partial charge on any atom is -0.352 e. The normalized spacial score (nSPS) is 19.9. The molecule has 1 aromatic rings. The SMILES string of the molecule is O=C(NCc1ccccc1)C1CCN(C(=O)C2CCCCC2)CC1. The molecule has 2 aliphatic rings. The van der Waals surface area contributed by atoms with Gasteiger partial charge in [0.2, 0.25) is 11.8 Å². The molecule has 0 spiro atoms. The lowest BCUT2D eigenvalue weighted by Crippen LogP contribution is -2.45. The zero-order valence-electron chi connectivity index (χ0n) is 14.4. The average Bonchev–Trinajstić information content (AvgIpc) is 2.67. The summed E-state index contributed by atoms with van der Waals surface area (Å²) in [5.41, 5.74) is 1.12. The Bertz CT molecular complexity index is 544. The smallest absolute Gasteiger partial charge is 0.225 e. The molecular formula is C20H28N2O2. The van der Waals surface area contributed by atoms with Crippen LogP contribution in [0, 0.1) is 11.8 Å². The topological polar surface area (TPSA) is 49.4 Å². The van der Waals surface area contributed by atoms with Crippen LogP contribution < -0.4 is 5.32 Å². The third-order valence-corrected chi connectivity index (χ3v) is 5.44. The number of nitrogens with zero attached hydrogens (tertiary/aromatic N) is 1. The van der Waals surface area contributed by atoms with Gasteiger partial charge in [-0.1, -0.05) is 49.6 Å². The van der Waals surface area contributed by atoms with Gasteiger partial charge >= 0.3 is 0 Å². The van der Waals surface area contributed by atoms with Crippen molar-refractivity contribution in [1.29, 1.82) is 0 Å². The molecule has 1 N–H and O–H groups in total. The summed E-state index contributed by atoms with van der Waals surface area (Å²) in [5, 5.41) is 3.03. The maximum absolute atomic E-state index is 12.6. The van der Waals surface area contributed by atoms with Gasteiger partial charge in [-0.15, -0.1) is 0 Å². The molecule has 0 radical (unpaired) electrons. The van der Waals surface area contributed by atoms with Gasteiger partial charge in [0.05, 0.1) is 0 Å². The molecule has 0 bridgehead atoms. The van der Waals surface area contributed by atoms with E-state index < -0.39 is 0 Å². The van der Waals surface area contributed by atoms with Crippen LogP contribution in [0.2, 0.25) is 0 Å². The van der Waals surface area contributed by atoms with Crippen molar-refractivity contribution in [2.45, 2.75) is 51.5 Å². The summed E-state index contributed by atoms with van der Waals surface area (Å²) < 4.78 is 0. The van der Waals surface area contributed by atoms with E-state index in [-0.39, 0.29) is 17.7 Å². The highest BCUT2D eigenvalue weighted by atomic mass is 16.2. The molecule has 1 saturated heterocycles. The molecule has 4 nitrogen and oxygen atoms in total. The second-order valence-corrected chi connectivity index (χ2v) is 7.14. The number of carbonyl (C=O) groups excluding carboxylic acids is 2. The van der Waals surface area contributed by atoms with Gasteiger partial charge in [-0.3, -0.25) is 9.59 Å². The van der Waals surface area contributed by atoms with Crippen LogP contribution in [0.5, 0.6) is 0 Å². The van der Waals surface area contributed by atoms with E-state index in [1.165, 1.54) is 19.3 Å². The second-order valence-electron chi connectivity index (χ2n) is 7.14. The van der Waals surface area contributed by atoms with E-state index >= 15 is 0 Å². The fourth-order valence-corrected chi connectivity index (χ4v) is 3.90. The molecular weight excluding hydrogens is 300 g/mol. The molecule has 3 rings (SSSR count). The minimum absolute atomic E-state index is 0.0455. The maximum Gasteiger partial charge on any atom is 0.225 e. The molecule has 24 heavy (non-hydrogen) atoms. The van der Waals surface area contributed by atoms with Crippen LogP contribution in [0.25, 0.3) is 0 Å². The van der Waals surface area contributed by atoms with Gasteiger partial charge in [0.25, 0.3) is 0 Å². The molecule has 1 heterocycles. The van der Waals surface area contributed by atoms with Gasteiger partial charge in [0.1, 0.15) is 0 Å². The Hall–Kier alpha value is -1.84. The third-order valence-electron chi connectivity index (χ3n) is 5.44. The Morgan fingerprint density at radius 3 is 2.25 bits per heavy atom. The molecule has 2 fully saturated rings. The van der Waals surface area contributed by atoms with Crippen LogP contribution in [0.3, 0.4) is 0 Å². The van der Waals surface area contributed by atoms with Crippen LogP contribution in [0.4, 0.5) is 0 Å². The highest BCUT2D eigenvalue weighted by Crippen LogP contribution is 2.27. The van der Waals surface area contributed by atoms with Crippen LogP contribution in [0.15, 0.2) is 30.3 Å². The first-order chi connectivity index (χ1) is 11.7. The fraction of sp³-hybridized carbons (Fsp3) is 0.600. The number of amides is 2. The first kappa shape index (κ1) is 17.0. The Kier molecular flexibility index (Phi) is 5.89. The van der Waals surface area contributed by atoms with E-state index in [1.54, 1.807) is 0 Å². The number of benzene rings is 1. The number of rotatable bonds is 4. The second kappa shape index (κ2) is 8.32. The largest absolute Gasteiger partial charge is 0.352 e. The van der Waals surface area contributed by atoms with Crippen molar-refractivity contribution in [2.24, 2.45) is 11.8 Å². The quantitative estimate of drug-likeness (QED) is 0.923. The van der Waals surface area contributed by atoms with Crippen molar-refractivity contribution in [2.75, 3.05) is 13.1 Å². The predicted octanol–water partition coefficient (Wildman–Crippen LogP) is 3.12. The number of likely N-dealkylation sites (tertiary alicyclic amines) is 1. The van der Waals surface area contributed by atoms with Crippen molar-refractivity contribution in [3.8, 4) is 0 Å². The summed E-state index contributed by atoms with van der Waals surface area (Å²) in [6.45, 7) is 2.05. The molecule has 1 aromatic carbocycles. The molecule has 1 aliphatic heterocycles.